The number of H-pyrrole nitrogens is 1. The van der Waals surface area contributed by atoms with Crippen LogP contribution in [0.1, 0.15) is 18.5 Å². The second-order valence-electron chi connectivity index (χ2n) is 4.88. The average molecular weight is 295 g/mol. The quantitative estimate of drug-likeness (QED) is 0.555. The Balaban J connectivity index is 2.01. The van der Waals surface area contributed by atoms with E-state index in [1.165, 1.54) is 17.4 Å². The molecular formula is C12H17N5O4. The van der Waals surface area contributed by atoms with Crippen LogP contribution in [0.2, 0.25) is 0 Å². The summed E-state index contributed by atoms with van der Waals surface area (Å²) in [5, 5.41) is 11.6. The number of primary amides is 1. The monoisotopic (exact) mass is 295 g/mol. The van der Waals surface area contributed by atoms with Crippen molar-refractivity contribution in [3.8, 4) is 0 Å². The summed E-state index contributed by atoms with van der Waals surface area (Å²) in [5.41, 5.74) is 5.83. The average Bonchev–Trinajstić information content (AvgIpc) is 3.08. The molecule has 9 nitrogen and oxygen atoms in total. The van der Waals surface area contributed by atoms with Crippen molar-refractivity contribution in [3.63, 3.8) is 0 Å². The predicted octanol–water partition coefficient (Wildman–Crippen LogP) is -0.935. The molecule has 0 radical (unpaired) electrons. The number of urea groups is 1. The molecule has 21 heavy (non-hydrogen) atoms. The molecule has 1 saturated heterocycles. The van der Waals surface area contributed by atoms with E-state index in [0.29, 0.717) is 25.1 Å². The molecule has 2 atom stereocenters. The standard InChI is InChI=1S/C12H17N5O4/c13-10(18)9-2-1-3-17(9)12(21)16-8(11(19)20)4-7-5-14-6-15-7/h5-6,8-9H,1-4H2,(H2,13,18)(H,14,15)(H,16,21)(H,19,20)/t8-,9?/m1/s1. The third-order valence-corrected chi connectivity index (χ3v) is 3.42. The number of aliphatic carboxylic acids is 1. The highest BCUT2D eigenvalue weighted by Crippen LogP contribution is 2.17. The van der Waals surface area contributed by atoms with Gasteiger partial charge in [0, 0.05) is 24.9 Å². The van der Waals surface area contributed by atoms with Crippen LogP contribution >= 0.6 is 0 Å². The molecule has 1 aliphatic rings. The van der Waals surface area contributed by atoms with Crippen LogP contribution in [-0.2, 0) is 16.0 Å². The molecule has 1 aliphatic heterocycles. The summed E-state index contributed by atoms with van der Waals surface area (Å²) >= 11 is 0. The zero-order chi connectivity index (χ0) is 15.4. The molecule has 0 saturated carbocycles. The smallest absolute Gasteiger partial charge is 0.326 e. The molecule has 9 heteroatoms. The Bertz CT molecular complexity index is 530. The Labute approximate surface area is 120 Å². The first-order valence-electron chi connectivity index (χ1n) is 6.55. The SMILES string of the molecule is NC(=O)C1CCCN1C(=O)N[C@H](Cc1cnc[nH]1)C(=O)O. The number of nitrogens with one attached hydrogen (secondary N) is 2. The van der Waals surface area contributed by atoms with Gasteiger partial charge in [0.05, 0.1) is 6.33 Å². The zero-order valence-corrected chi connectivity index (χ0v) is 11.3. The first kappa shape index (κ1) is 14.8. The molecular weight excluding hydrogens is 278 g/mol. The number of amides is 3. The maximum absolute atomic E-state index is 12.1. The molecule has 1 aromatic rings. The van der Waals surface area contributed by atoms with E-state index in [4.69, 9.17) is 5.73 Å². The first-order chi connectivity index (χ1) is 9.99. The van der Waals surface area contributed by atoms with Crippen LogP contribution in [-0.4, -0.2) is 56.5 Å². The topological polar surface area (TPSA) is 141 Å². The van der Waals surface area contributed by atoms with Crippen molar-refractivity contribution >= 4 is 17.9 Å². The molecule has 5 N–H and O–H groups in total. The molecule has 2 rings (SSSR count). The molecule has 0 spiro atoms. The Hall–Kier alpha value is -2.58. The van der Waals surface area contributed by atoms with E-state index in [-0.39, 0.29) is 6.42 Å². The lowest BCUT2D eigenvalue weighted by Crippen LogP contribution is -2.52. The molecule has 0 aliphatic carbocycles. The maximum atomic E-state index is 12.1. The highest BCUT2D eigenvalue weighted by atomic mass is 16.4. The Morgan fingerprint density at radius 1 is 1.57 bits per heavy atom. The number of nitrogens with two attached hydrogens (primary N) is 1. The summed E-state index contributed by atoms with van der Waals surface area (Å²) in [7, 11) is 0. The van der Waals surface area contributed by atoms with Crippen LogP contribution in [0.15, 0.2) is 12.5 Å². The molecule has 2 heterocycles. The summed E-state index contributed by atoms with van der Waals surface area (Å²) in [4.78, 5) is 42.5. The summed E-state index contributed by atoms with van der Waals surface area (Å²) in [6, 6.07) is -2.37. The van der Waals surface area contributed by atoms with Gasteiger partial charge < -0.3 is 26.0 Å². The largest absolute Gasteiger partial charge is 0.480 e. The van der Waals surface area contributed by atoms with E-state index in [1.807, 2.05) is 0 Å². The Kier molecular flexibility index (Phi) is 4.41. The van der Waals surface area contributed by atoms with Crippen molar-refractivity contribution in [2.45, 2.75) is 31.3 Å². The van der Waals surface area contributed by atoms with Crippen molar-refractivity contribution in [2.24, 2.45) is 5.73 Å². The van der Waals surface area contributed by atoms with Crippen molar-refractivity contribution in [3.05, 3.63) is 18.2 Å². The second-order valence-corrected chi connectivity index (χ2v) is 4.88. The van der Waals surface area contributed by atoms with E-state index in [2.05, 4.69) is 15.3 Å². The number of carbonyl (C=O) groups excluding carboxylic acids is 2. The van der Waals surface area contributed by atoms with E-state index >= 15 is 0 Å². The molecule has 1 aromatic heterocycles. The minimum atomic E-state index is -1.16. The second kappa shape index (κ2) is 6.25. The van der Waals surface area contributed by atoms with Gasteiger partial charge in [-0.05, 0) is 12.8 Å². The van der Waals surface area contributed by atoms with Crippen molar-refractivity contribution in [1.82, 2.24) is 20.2 Å². The lowest BCUT2D eigenvalue weighted by molar-refractivity contribution is -0.139. The summed E-state index contributed by atoms with van der Waals surface area (Å²) < 4.78 is 0. The maximum Gasteiger partial charge on any atom is 0.326 e. The highest BCUT2D eigenvalue weighted by Gasteiger charge is 2.34. The third-order valence-electron chi connectivity index (χ3n) is 3.42. The van der Waals surface area contributed by atoms with Gasteiger partial charge in [-0.1, -0.05) is 0 Å². The van der Waals surface area contributed by atoms with Crippen LogP contribution in [0, 0.1) is 0 Å². The number of hydrogen-bond donors (Lipinski definition) is 4. The number of likely N-dealkylation sites (tertiary alicyclic amines) is 1. The van der Waals surface area contributed by atoms with E-state index in [0.717, 1.165) is 0 Å². The van der Waals surface area contributed by atoms with Crippen molar-refractivity contribution in [1.29, 1.82) is 0 Å². The number of carbonyl (C=O) groups is 3. The highest BCUT2D eigenvalue weighted by molar-refractivity contribution is 5.88. The van der Waals surface area contributed by atoms with Crippen LogP contribution in [0.3, 0.4) is 0 Å². The fourth-order valence-electron chi connectivity index (χ4n) is 2.35. The van der Waals surface area contributed by atoms with E-state index in [1.54, 1.807) is 0 Å². The van der Waals surface area contributed by atoms with Crippen LogP contribution in [0.4, 0.5) is 4.79 Å². The van der Waals surface area contributed by atoms with Gasteiger partial charge in [-0.15, -0.1) is 0 Å². The van der Waals surface area contributed by atoms with Gasteiger partial charge in [0.1, 0.15) is 12.1 Å². The predicted molar refractivity (Wildman–Crippen MR) is 71.2 cm³/mol. The van der Waals surface area contributed by atoms with Crippen LogP contribution < -0.4 is 11.1 Å². The fraction of sp³-hybridized carbons (Fsp3) is 0.500. The number of rotatable bonds is 5. The Morgan fingerprint density at radius 3 is 2.90 bits per heavy atom. The first-order valence-corrected chi connectivity index (χ1v) is 6.55. The number of imidazole rings is 1. The van der Waals surface area contributed by atoms with Gasteiger partial charge in [0.2, 0.25) is 5.91 Å². The summed E-state index contributed by atoms with van der Waals surface area (Å²) in [6.07, 6.45) is 4.17. The molecule has 114 valence electrons. The minimum Gasteiger partial charge on any atom is -0.480 e. The number of hydrogen-bond acceptors (Lipinski definition) is 4. The van der Waals surface area contributed by atoms with Gasteiger partial charge in [-0.2, -0.15) is 0 Å². The van der Waals surface area contributed by atoms with Crippen LogP contribution in [0.5, 0.6) is 0 Å². The number of nitrogens with zero attached hydrogens (tertiary/aromatic N) is 2. The van der Waals surface area contributed by atoms with Gasteiger partial charge in [-0.3, -0.25) is 4.79 Å². The molecule has 0 aromatic carbocycles. The summed E-state index contributed by atoms with van der Waals surface area (Å²) in [6.45, 7) is 0.385. The normalized spacial score (nSPS) is 19.2. The van der Waals surface area contributed by atoms with Gasteiger partial charge in [0.15, 0.2) is 0 Å². The number of aromatic nitrogens is 2. The molecule has 3 amide bonds. The number of aromatic amines is 1. The van der Waals surface area contributed by atoms with Gasteiger partial charge in [0.25, 0.3) is 0 Å². The lowest BCUT2D eigenvalue weighted by Gasteiger charge is -2.24. The van der Waals surface area contributed by atoms with Crippen molar-refractivity contribution < 1.29 is 19.5 Å². The van der Waals surface area contributed by atoms with Crippen LogP contribution in [0.25, 0.3) is 0 Å². The minimum absolute atomic E-state index is 0.0795. The third kappa shape index (κ3) is 3.50. The summed E-state index contributed by atoms with van der Waals surface area (Å²) in [5.74, 6) is -1.74. The molecule has 1 unspecified atom stereocenters. The molecule has 1 fully saturated rings. The zero-order valence-electron chi connectivity index (χ0n) is 11.3. The lowest BCUT2D eigenvalue weighted by atomic mass is 10.1. The van der Waals surface area contributed by atoms with E-state index < -0.39 is 30.0 Å². The number of carboxylic acids is 1. The van der Waals surface area contributed by atoms with E-state index in [9.17, 15) is 19.5 Å². The Morgan fingerprint density at radius 2 is 2.33 bits per heavy atom. The van der Waals surface area contributed by atoms with Crippen molar-refractivity contribution in [2.75, 3.05) is 6.54 Å². The van der Waals surface area contributed by atoms with Gasteiger partial charge in [-0.25, -0.2) is 14.6 Å². The molecule has 0 bridgehead atoms. The van der Waals surface area contributed by atoms with Gasteiger partial charge >= 0.3 is 12.0 Å². The fourth-order valence-corrected chi connectivity index (χ4v) is 2.35. The number of carboxylic acid groups (broad SMARTS) is 1.